The zero-order chi connectivity index (χ0) is 31.3. The van der Waals surface area contributed by atoms with E-state index in [0.29, 0.717) is 54.3 Å². The highest BCUT2D eigenvalue weighted by molar-refractivity contribution is 5.98. The standard InChI is InChI=1S/C35H36F2N4O4/c1-2-3-11-41-12-14-44-33-28(35-38-10-13-45-35)19-24(20-31(33)41)34(43)40-30(17-22-15-25(36)21-26(37)16-22)32(42)9-8-27-18-23-6-4-5-7-29(23)39-27/h4-7,10,13,15-16,18-21,30,32,39,42H,2-3,8-9,11-12,14,17H2,1H3,(H,40,43). The number of halogens is 2. The number of rotatable bonds is 12. The van der Waals surface area contributed by atoms with Crippen LogP contribution in [0.15, 0.2) is 77.5 Å². The fourth-order valence-corrected chi connectivity index (χ4v) is 5.90. The molecule has 3 heterocycles. The number of oxazole rings is 1. The van der Waals surface area contributed by atoms with Gasteiger partial charge in [0.2, 0.25) is 5.89 Å². The van der Waals surface area contributed by atoms with Gasteiger partial charge in [0.15, 0.2) is 5.75 Å². The van der Waals surface area contributed by atoms with Crippen molar-refractivity contribution in [3.8, 4) is 17.2 Å². The van der Waals surface area contributed by atoms with E-state index in [4.69, 9.17) is 9.15 Å². The van der Waals surface area contributed by atoms with E-state index in [0.717, 1.165) is 47.7 Å². The monoisotopic (exact) mass is 614 g/mol. The number of fused-ring (bicyclic) bond motifs is 2. The predicted molar refractivity (Wildman–Crippen MR) is 168 cm³/mol. The number of aliphatic hydroxyl groups is 1. The summed E-state index contributed by atoms with van der Waals surface area (Å²) in [6.45, 7) is 4.08. The SMILES string of the molecule is CCCCN1CCOc2c(-c3ncco3)cc(C(=O)NC(Cc3cc(F)cc(F)c3)C(O)CCc3cc4ccccc4[nH]3)cc21. The molecule has 2 unspecified atom stereocenters. The normalized spacial score (nSPS) is 14.2. The second-order valence-corrected chi connectivity index (χ2v) is 11.4. The lowest BCUT2D eigenvalue weighted by molar-refractivity contribution is 0.0814. The molecule has 2 atom stereocenters. The summed E-state index contributed by atoms with van der Waals surface area (Å²) in [7, 11) is 0. The molecule has 5 aromatic rings. The minimum absolute atomic E-state index is 0.0254. The third kappa shape index (κ3) is 7.01. The van der Waals surface area contributed by atoms with Crippen LogP contribution in [0.3, 0.4) is 0 Å². The first-order valence-corrected chi connectivity index (χ1v) is 15.3. The van der Waals surface area contributed by atoms with Gasteiger partial charge in [-0.05, 0) is 73.0 Å². The van der Waals surface area contributed by atoms with Crippen LogP contribution in [-0.4, -0.2) is 52.8 Å². The van der Waals surface area contributed by atoms with Crippen molar-refractivity contribution in [1.82, 2.24) is 15.3 Å². The third-order valence-corrected chi connectivity index (χ3v) is 8.18. The molecule has 45 heavy (non-hydrogen) atoms. The minimum Gasteiger partial charge on any atom is -0.489 e. The number of aryl methyl sites for hydroxylation is 1. The summed E-state index contributed by atoms with van der Waals surface area (Å²) in [5.74, 6) is -0.969. The Morgan fingerprint density at radius 2 is 1.96 bits per heavy atom. The van der Waals surface area contributed by atoms with Crippen LogP contribution in [-0.2, 0) is 12.8 Å². The molecule has 0 fully saturated rings. The fraction of sp³-hybridized carbons (Fsp3) is 0.314. The Balaban J connectivity index is 1.29. The van der Waals surface area contributed by atoms with Gasteiger partial charge in [-0.1, -0.05) is 31.5 Å². The Kier molecular flexibility index (Phi) is 9.11. The zero-order valence-corrected chi connectivity index (χ0v) is 25.1. The number of para-hydroxylation sites is 1. The van der Waals surface area contributed by atoms with Gasteiger partial charge in [0.25, 0.3) is 5.91 Å². The quantitative estimate of drug-likeness (QED) is 0.150. The topological polar surface area (TPSA) is 104 Å². The number of nitrogens with zero attached hydrogens (tertiary/aromatic N) is 2. The molecule has 8 nitrogen and oxygen atoms in total. The number of nitrogens with one attached hydrogen (secondary N) is 2. The Hall–Kier alpha value is -4.70. The number of carbonyl (C=O) groups is 1. The average molecular weight is 615 g/mol. The van der Waals surface area contributed by atoms with Crippen molar-refractivity contribution >= 4 is 22.5 Å². The van der Waals surface area contributed by atoms with Gasteiger partial charge >= 0.3 is 0 Å². The van der Waals surface area contributed by atoms with E-state index in [9.17, 15) is 18.7 Å². The van der Waals surface area contributed by atoms with Gasteiger partial charge < -0.3 is 29.5 Å². The van der Waals surface area contributed by atoms with Crippen LogP contribution in [0.25, 0.3) is 22.4 Å². The second kappa shape index (κ2) is 13.5. The number of aromatic nitrogens is 2. The number of carbonyl (C=O) groups excluding carboxylic acids is 1. The van der Waals surface area contributed by atoms with E-state index in [-0.39, 0.29) is 6.42 Å². The largest absolute Gasteiger partial charge is 0.489 e. The molecule has 2 aromatic heterocycles. The van der Waals surface area contributed by atoms with Gasteiger partial charge in [0.1, 0.15) is 24.5 Å². The number of H-pyrrole nitrogens is 1. The first kappa shape index (κ1) is 30.3. The second-order valence-electron chi connectivity index (χ2n) is 11.4. The molecular weight excluding hydrogens is 578 g/mol. The summed E-state index contributed by atoms with van der Waals surface area (Å²) >= 11 is 0. The molecule has 0 bridgehead atoms. The van der Waals surface area contributed by atoms with Crippen molar-refractivity contribution < 1.29 is 27.8 Å². The zero-order valence-electron chi connectivity index (χ0n) is 25.1. The number of hydrogen-bond donors (Lipinski definition) is 3. The Morgan fingerprint density at radius 1 is 1.13 bits per heavy atom. The van der Waals surface area contributed by atoms with Crippen LogP contribution >= 0.6 is 0 Å². The van der Waals surface area contributed by atoms with Crippen LogP contribution in [0.4, 0.5) is 14.5 Å². The van der Waals surface area contributed by atoms with E-state index in [1.54, 1.807) is 12.1 Å². The third-order valence-electron chi connectivity index (χ3n) is 8.18. The summed E-state index contributed by atoms with van der Waals surface area (Å²) in [6, 6.07) is 15.8. The van der Waals surface area contributed by atoms with Gasteiger partial charge in [-0.25, -0.2) is 13.8 Å². The number of unbranched alkanes of at least 4 members (excludes halogenated alkanes) is 1. The fourth-order valence-electron chi connectivity index (χ4n) is 5.90. The number of hydrogen-bond acceptors (Lipinski definition) is 6. The van der Waals surface area contributed by atoms with Gasteiger partial charge in [0.05, 0.1) is 36.1 Å². The Bertz CT molecular complexity index is 1720. The maximum Gasteiger partial charge on any atom is 0.251 e. The van der Waals surface area contributed by atoms with Crippen molar-refractivity contribution in [2.24, 2.45) is 0 Å². The van der Waals surface area contributed by atoms with Crippen molar-refractivity contribution in [2.75, 3.05) is 24.6 Å². The van der Waals surface area contributed by atoms with Crippen LogP contribution in [0.1, 0.15) is 47.8 Å². The summed E-state index contributed by atoms with van der Waals surface area (Å²) in [6.07, 6.45) is 4.80. The average Bonchev–Trinajstić information content (AvgIpc) is 3.71. The number of anilines is 1. The highest BCUT2D eigenvalue weighted by Crippen LogP contribution is 2.41. The molecule has 0 aliphatic carbocycles. The maximum absolute atomic E-state index is 14.1. The van der Waals surface area contributed by atoms with Gasteiger partial charge in [-0.15, -0.1) is 0 Å². The Labute approximate surface area is 260 Å². The molecule has 1 aliphatic rings. The molecule has 0 spiro atoms. The van der Waals surface area contributed by atoms with Crippen molar-refractivity contribution in [1.29, 1.82) is 0 Å². The maximum atomic E-state index is 14.1. The minimum atomic E-state index is -1.01. The molecule has 0 saturated heterocycles. The van der Waals surface area contributed by atoms with Gasteiger partial charge in [-0.2, -0.15) is 0 Å². The summed E-state index contributed by atoms with van der Waals surface area (Å²) in [4.78, 5) is 23.8. The first-order chi connectivity index (χ1) is 21.9. The first-order valence-electron chi connectivity index (χ1n) is 15.3. The van der Waals surface area contributed by atoms with Gasteiger partial charge in [-0.3, -0.25) is 4.79 Å². The van der Waals surface area contributed by atoms with Crippen molar-refractivity contribution in [2.45, 2.75) is 51.2 Å². The van der Waals surface area contributed by atoms with Crippen molar-refractivity contribution in [3.05, 3.63) is 102 Å². The molecule has 6 rings (SSSR count). The predicted octanol–water partition coefficient (Wildman–Crippen LogP) is 6.43. The molecule has 1 aliphatic heterocycles. The summed E-state index contributed by atoms with van der Waals surface area (Å²) in [5, 5.41) is 15.4. The summed E-state index contributed by atoms with van der Waals surface area (Å²) in [5.41, 5.74) is 3.90. The highest BCUT2D eigenvalue weighted by atomic mass is 19.1. The van der Waals surface area contributed by atoms with E-state index in [2.05, 4.69) is 27.1 Å². The van der Waals surface area contributed by atoms with Crippen LogP contribution in [0.2, 0.25) is 0 Å². The van der Waals surface area contributed by atoms with Crippen molar-refractivity contribution in [3.63, 3.8) is 0 Å². The number of amides is 1. The van der Waals surface area contributed by atoms with E-state index in [1.165, 1.54) is 24.6 Å². The highest BCUT2D eigenvalue weighted by Gasteiger charge is 2.28. The van der Waals surface area contributed by atoms with Crippen LogP contribution in [0, 0.1) is 11.6 Å². The Morgan fingerprint density at radius 3 is 2.71 bits per heavy atom. The number of aliphatic hydroxyl groups excluding tert-OH is 1. The lowest BCUT2D eigenvalue weighted by Crippen LogP contribution is -2.45. The number of ether oxygens (including phenoxy) is 1. The number of benzene rings is 3. The molecule has 234 valence electrons. The molecule has 3 N–H and O–H groups in total. The van der Waals surface area contributed by atoms with E-state index < -0.39 is 29.7 Å². The van der Waals surface area contributed by atoms with Crippen LogP contribution in [0.5, 0.6) is 5.75 Å². The molecule has 3 aromatic carbocycles. The molecular formula is C35H36F2N4O4. The molecule has 10 heteroatoms. The van der Waals surface area contributed by atoms with E-state index in [1.807, 2.05) is 30.3 Å². The van der Waals surface area contributed by atoms with E-state index >= 15 is 0 Å². The lowest BCUT2D eigenvalue weighted by atomic mass is 9.96. The summed E-state index contributed by atoms with van der Waals surface area (Å²) < 4.78 is 39.9. The number of aromatic amines is 1. The molecule has 1 amide bonds. The molecule has 0 radical (unpaired) electrons. The van der Waals surface area contributed by atoms with Gasteiger partial charge in [0, 0.05) is 29.4 Å². The lowest BCUT2D eigenvalue weighted by Gasteiger charge is -2.33. The smallest absolute Gasteiger partial charge is 0.251 e. The molecule has 0 saturated carbocycles. The van der Waals surface area contributed by atoms with Crippen LogP contribution < -0.4 is 15.0 Å².